The third-order valence-electron chi connectivity index (χ3n) is 2.81. The standard InChI is InChI=1S/C14H8FN3O2/c1-9(10(7-16)8-17)12-3-2-11(6-13(12)15)18-4-5-20-14(18)19/h2-6H,1H3. The molecule has 0 atom stereocenters. The van der Waals surface area contributed by atoms with E-state index < -0.39 is 11.6 Å². The van der Waals surface area contributed by atoms with E-state index in [9.17, 15) is 9.18 Å². The van der Waals surface area contributed by atoms with E-state index >= 15 is 0 Å². The Balaban J connectivity index is 2.56. The zero-order valence-electron chi connectivity index (χ0n) is 10.4. The second-order valence-corrected chi connectivity index (χ2v) is 3.93. The van der Waals surface area contributed by atoms with Crippen LogP contribution in [0.2, 0.25) is 0 Å². The molecule has 0 fully saturated rings. The van der Waals surface area contributed by atoms with Crippen LogP contribution in [0, 0.1) is 28.5 Å². The Morgan fingerprint density at radius 3 is 2.55 bits per heavy atom. The summed E-state index contributed by atoms with van der Waals surface area (Å²) in [6.07, 6.45) is 2.57. The maximum atomic E-state index is 14.1. The molecule has 0 bridgehead atoms. The summed E-state index contributed by atoms with van der Waals surface area (Å²) in [7, 11) is 0. The normalized spacial score (nSPS) is 9.60. The number of halogens is 1. The van der Waals surface area contributed by atoms with Crippen molar-refractivity contribution in [2.45, 2.75) is 6.92 Å². The summed E-state index contributed by atoms with van der Waals surface area (Å²) in [5.74, 6) is -1.25. The zero-order valence-corrected chi connectivity index (χ0v) is 10.4. The topological polar surface area (TPSA) is 82.7 Å². The average molecular weight is 269 g/mol. The van der Waals surface area contributed by atoms with Gasteiger partial charge in [-0.1, -0.05) is 0 Å². The Kier molecular flexibility index (Phi) is 3.49. The van der Waals surface area contributed by atoms with Gasteiger partial charge in [-0.05, 0) is 30.7 Å². The second-order valence-electron chi connectivity index (χ2n) is 3.93. The van der Waals surface area contributed by atoms with Crippen molar-refractivity contribution >= 4 is 5.57 Å². The highest BCUT2D eigenvalue weighted by molar-refractivity contribution is 5.74. The number of nitriles is 2. The van der Waals surface area contributed by atoms with Gasteiger partial charge >= 0.3 is 5.76 Å². The molecule has 0 unspecified atom stereocenters. The fraction of sp³-hybridized carbons (Fsp3) is 0.0714. The predicted molar refractivity (Wildman–Crippen MR) is 68.1 cm³/mol. The summed E-state index contributed by atoms with van der Waals surface area (Å²) < 4.78 is 19.8. The maximum Gasteiger partial charge on any atom is 0.423 e. The van der Waals surface area contributed by atoms with Crippen molar-refractivity contribution in [1.82, 2.24) is 4.57 Å². The van der Waals surface area contributed by atoms with Crippen molar-refractivity contribution in [2.75, 3.05) is 0 Å². The first-order valence-corrected chi connectivity index (χ1v) is 5.56. The molecule has 6 heteroatoms. The van der Waals surface area contributed by atoms with Crippen LogP contribution >= 0.6 is 0 Å². The number of allylic oxidation sites excluding steroid dienone is 2. The van der Waals surface area contributed by atoms with Gasteiger partial charge < -0.3 is 4.42 Å². The second kappa shape index (κ2) is 5.25. The number of benzene rings is 1. The molecule has 1 aromatic carbocycles. The minimum atomic E-state index is -0.629. The molecule has 20 heavy (non-hydrogen) atoms. The first-order valence-electron chi connectivity index (χ1n) is 5.56. The Morgan fingerprint density at radius 2 is 2.05 bits per heavy atom. The van der Waals surface area contributed by atoms with E-state index in [1.807, 2.05) is 0 Å². The van der Waals surface area contributed by atoms with Crippen molar-refractivity contribution in [3.63, 3.8) is 0 Å². The number of nitrogens with zero attached hydrogens (tertiary/aromatic N) is 3. The molecule has 1 aromatic heterocycles. The van der Waals surface area contributed by atoms with Crippen LogP contribution in [0.3, 0.4) is 0 Å². The molecule has 0 N–H and O–H groups in total. The predicted octanol–water partition coefficient (Wildman–Crippen LogP) is 2.39. The molecule has 0 radical (unpaired) electrons. The lowest BCUT2D eigenvalue weighted by atomic mass is 10.0. The zero-order chi connectivity index (χ0) is 14.7. The summed E-state index contributed by atoms with van der Waals surface area (Å²) in [5, 5.41) is 17.6. The third-order valence-corrected chi connectivity index (χ3v) is 2.81. The van der Waals surface area contributed by atoms with Crippen LogP contribution in [-0.4, -0.2) is 4.57 Å². The number of hydrogen-bond donors (Lipinski definition) is 0. The minimum Gasteiger partial charge on any atom is -0.416 e. The summed E-state index contributed by atoms with van der Waals surface area (Å²) in [4.78, 5) is 11.3. The number of aromatic nitrogens is 1. The highest BCUT2D eigenvalue weighted by atomic mass is 19.1. The van der Waals surface area contributed by atoms with Crippen LogP contribution in [-0.2, 0) is 0 Å². The molecule has 0 amide bonds. The van der Waals surface area contributed by atoms with Gasteiger partial charge in [-0.25, -0.2) is 13.8 Å². The van der Waals surface area contributed by atoms with Crippen molar-refractivity contribution in [1.29, 1.82) is 10.5 Å². The molecule has 0 saturated heterocycles. The number of oxazole rings is 1. The van der Waals surface area contributed by atoms with E-state index in [0.717, 1.165) is 10.6 Å². The van der Waals surface area contributed by atoms with Gasteiger partial charge in [-0.2, -0.15) is 10.5 Å². The van der Waals surface area contributed by atoms with Crippen molar-refractivity contribution in [3.8, 4) is 17.8 Å². The van der Waals surface area contributed by atoms with Crippen LogP contribution in [0.25, 0.3) is 11.3 Å². The quantitative estimate of drug-likeness (QED) is 0.783. The van der Waals surface area contributed by atoms with Gasteiger partial charge in [-0.3, -0.25) is 0 Å². The van der Waals surface area contributed by atoms with Gasteiger partial charge in [0.05, 0.1) is 11.9 Å². The van der Waals surface area contributed by atoms with Crippen molar-refractivity contribution < 1.29 is 8.81 Å². The van der Waals surface area contributed by atoms with Crippen LogP contribution < -0.4 is 5.76 Å². The van der Waals surface area contributed by atoms with Crippen LogP contribution in [0.1, 0.15) is 12.5 Å². The molecule has 0 aliphatic heterocycles. The van der Waals surface area contributed by atoms with E-state index in [1.54, 1.807) is 12.1 Å². The van der Waals surface area contributed by atoms with Crippen LogP contribution in [0.5, 0.6) is 0 Å². The highest BCUT2D eigenvalue weighted by Crippen LogP contribution is 2.23. The van der Waals surface area contributed by atoms with Gasteiger partial charge in [0, 0.05) is 5.56 Å². The lowest BCUT2D eigenvalue weighted by Crippen LogP contribution is -2.11. The van der Waals surface area contributed by atoms with E-state index in [2.05, 4.69) is 4.42 Å². The molecule has 0 saturated carbocycles. The van der Waals surface area contributed by atoms with Gasteiger partial charge in [0.15, 0.2) is 0 Å². The lowest BCUT2D eigenvalue weighted by Gasteiger charge is -2.06. The van der Waals surface area contributed by atoms with E-state index in [-0.39, 0.29) is 16.7 Å². The number of rotatable bonds is 2. The summed E-state index contributed by atoms with van der Waals surface area (Å²) >= 11 is 0. The first kappa shape index (κ1) is 13.3. The monoisotopic (exact) mass is 269 g/mol. The summed E-state index contributed by atoms with van der Waals surface area (Å²) in [6, 6.07) is 7.48. The van der Waals surface area contributed by atoms with Crippen molar-refractivity contribution in [3.05, 3.63) is 58.2 Å². The Labute approximate surface area is 113 Å². The molecule has 1 heterocycles. The highest BCUT2D eigenvalue weighted by Gasteiger charge is 2.11. The van der Waals surface area contributed by atoms with E-state index in [1.165, 1.54) is 31.5 Å². The van der Waals surface area contributed by atoms with Crippen LogP contribution in [0.4, 0.5) is 4.39 Å². The lowest BCUT2D eigenvalue weighted by molar-refractivity contribution is 0.503. The molecular formula is C14H8FN3O2. The average Bonchev–Trinajstić information content (AvgIpc) is 2.86. The van der Waals surface area contributed by atoms with Gasteiger partial charge in [0.25, 0.3) is 0 Å². The fourth-order valence-electron chi connectivity index (χ4n) is 1.74. The Morgan fingerprint density at radius 1 is 1.35 bits per heavy atom. The molecule has 98 valence electrons. The molecule has 2 rings (SSSR count). The van der Waals surface area contributed by atoms with Gasteiger partial charge in [-0.15, -0.1) is 0 Å². The molecule has 0 aliphatic rings. The number of hydrogen-bond acceptors (Lipinski definition) is 4. The van der Waals surface area contributed by atoms with Crippen LogP contribution in [0.15, 0.2) is 45.4 Å². The molecule has 5 nitrogen and oxygen atoms in total. The molecular weight excluding hydrogens is 261 g/mol. The third kappa shape index (κ3) is 2.23. The summed E-state index contributed by atoms with van der Waals surface area (Å²) in [6.45, 7) is 1.49. The Hall–Kier alpha value is -3.12. The molecule has 0 spiro atoms. The SMILES string of the molecule is CC(=C(C#N)C#N)c1ccc(-n2ccoc2=O)cc1F. The van der Waals surface area contributed by atoms with Gasteiger partial charge in [0.2, 0.25) is 0 Å². The first-order chi connectivity index (χ1) is 9.58. The molecule has 2 aromatic rings. The maximum absolute atomic E-state index is 14.1. The van der Waals surface area contributed by atoms with Gasteiger partial charge in [0.1, 0.15) is 29.8 Å². The minimum absolute atomic E-state index is 0.142. The molecule has 0 aliphatic carbocycles. The van der Waals surface area contributed by atoms with Crippen molar-refractivity contribution in [2.24, 2.45) is 0 Å². The van der Waals surface area contributed by atoms with E-state index in [4.69, 9.17) is 10.5 Å². The smallest absolute Gasteiger partial charge is 0.416 e. The fourth-order valence-corrected chi connectivity index (χ4v) is 1.74. The Bertz CT molecular complexity index is 815. The largest absolute Gasteiger partial charge is 0.423 e. The summed E-state index contributed by atoms with van der Waals surface area (Å²) in [5.41, 5.74) is 0.535. The van der Waals surface area contributed by atoms with E-state index in [0.29, 0.717) is 5.69 Å².